The molecule has 0 saturated carbocycles. The van der Waals surface area contributed by atoms with E-state index in [1.54, 1.807) is 33.2 Å². The van der Waals surface area contributed by atoms with Crippen molar-refractivity contribution < 1.29 is 28.7 Å². The third kappa shape index (κ3) is 13.6. The van der Waals surface area contributed by atoms with Gasteiger partial charge < -0.3 is 35.2 Å². The summed E-state index contributed by atoms with van der Waals surface area (Å²) in [6, 6.07) is 8.93. The van der Waals surface area contributed by atoms with Gasteiger partial charge in [-0.2, -0.15) is 0 Å². The molecular formula is C39H69N5O6. The first-order chi connectivity index (χ1) is 23.7. The second kappa shape index (κ2) is 23.5. The topological polar surface area (TPSA) is 129 Å². The minimum Gasteiger partial charge on any atom is -0.379 e. The molecule has 4 amide bonds. The molecule has 11 nitrogen and oxygen atoms in total. The van der Waals surface area contributed by atoms with Crippen LogP contribution in [0.3, 0.4) is 0 Å². The van der Waals surface area contributed by atoms with E-state index in [1.807, 2.05) is 76.8 Å². The molecule has 1 aliphatic heterocycles. The average molecular weight is 704 g/mol. The molecular weight excluding hydrogens is 634 g/mol. The van der Waals surface area contributed by atoms with Crippen LogP contribution < -0.4 is 16.0 Å². The van der Waals surface area contributed by atoms with Crippen molar-refractivity contribution in [2.45, 2.75) is 130 Å². The van der Waals surface area contributed by atoms with Crippen LogP contribution in [-0.4, -0.2) is 111 Å². The molecule has 8 unspecified atom stereocenters. The molecule has 2 rings (SSSR count). The Morgan fingerprint density at radius 3 is 2.10 bits per heavy atom. The Bertz CT molecular complexity index is 1150. The molecule has 1 aromatic rings. The van der Waals surface area contributed by atoms with Gasteiger partial charge in [-0.05, 0) is 50.6 Å². The molecule has 0 radical (unpaired) electrons. The van der Waals surface area contributed by atoms with Crippen LogP contribution in [0.15, 0.2) is 30.3 Å². The lowest BCUT2D eigenvalue weighted by Gasteiger charge is -2.39. The van der Waals surface area contributed by atoms with E-state index in [9.17, 15) is 19.2 Å². The molecule has 1 aromatic carbocycles. The Labute approximate surface area is 303 Å². The van der Waals surface area contributed by atoms with E-state index in [-0.39, 0.29) is 60.5 Å². The largest absolute Gasteiger partial charge is 0.379 e. The Morgan fingerprint density at radius 2 is 1.58 bits per heavy atom. The van der Waals surface area contributed by atoms with Crippen LogP contribution in [0.4, 0.5) is 0 Å². The highest BCUT2D eigenvalue weighted by Gasteiger charge is 2.42. The van der Waals surface area contributed by atoms with Gasteiger partial charge >= 0.3 is 0 Å². The molecule has 1 saturated heterocycles. The van der Waals surface area contributed by atoms with Crippen LogP contribution in [0.2, 0.25) is 0 Å². The summed E-state index contributed by atoms with van der Waals surface area (Å²) in [7, 11) is 6.59. The number of carbonyl (C=O) groups excluding carboxylic acids is 4. The maximum Gasteiger partial charge on any atom is 0.242 e. The van der Waals surface area contributed by atoms with Crippen molar-refractivity contribution in [2.24, 2.45) is 17.8 Å². The number of nitrogens with zero attached hydrogens (tertiary/aromatic N) is 2. The monoisotopic (exact) mass is 704 g/mol. The van der Waals surface area contributed by atoms with Gasteiger partial charge in [0.1, 0.15) is 0 Å². The van der Waals surface area contributed by atoms with Gasteiger partial charge in [0, 0.05) is 33.9 Å². The van der Waals surface area contributed by atoms with Gasteiger partial charge in [0.15, 0.2) is 0 Å². The number of amides is 4. The van der Waals surface area contributed by atoms with E-state index in [1.165, 1.54) is 6.42 Å². The molecule has 11 heteroatoms. The molecule has 50 heavy (non-hydrogen) atoms. The normalized spacial score (nSPS) is 18.5. The number of methoxy groups -OCH3 is 2. The maximum atomic E-state index is 13.9. The summed E-state index contributed by atoms with van der Waals surface area (Å²) in [4.78, 5) is 56.7. The number of hydrogen-bond donors (Lipinski definition) is 3. The van der Waals surface area contributed by atoms with E-state index in [2.05, 4.69) is 29.8 Å². The van der Waals surface area contributed by atoms with Crippen LogP contribution in [0.5, 0.6) is 0 Å². The number of ether oxygens (including phenoxy) is 2. The number of likely N-dealkylation sites (N-methyl/N-ethyl adjacent to an activating group) is 2. The fourth-order valence-electron chi connectivity index (χ4n) is 6.88. The van der Waals surface area contributed by atoms with Gasteiger partial charge in [0.05, 0.1) is 49.2 Å². The van der Waals surface area contributed by atoms with Gasteiger partial charge in [0.25, 0.3) is 0 Å². The number of nitrogens with one attached hydrogen (secondary N) is 3. The fourth-order valence-corrected chi connectivity index (χ4v) is 6.88. The van der Waals surface area contributed by atoms with Crippen molar-refractivity contribution in [3.8, 4) is 0 Å². The summed E-state index contributed by atoms with van der Waals surface area (Å²) in [6.07, 6.45) is 3.32. The Morgan fingerprint density at radius 1 is 0.960 bits per heavy atom. The lowest BCUT2D eigenvalue weighted by atomic mass is 9.90. The number of carbonyl (C=O) groups is 4. The Balaban J connectivity index is 0.00000401. The summed E-state index contributed by atoms with van der Waals surface area (Å²) in [6.45, 7) is 16.5. The molecule has 0 aromatic heterocycles. The zero-order chi connectivity index (χ0) is 38.0. The van der Waals surface area contributed by atoms with E-state index in [4.69, 9.17) is 9.47 Å². The predicted octanol–water partition coefficient (Wildman–Crippen LogP) is 4.43. The van der Waals surface area contributed by atoms with Crippen molar-refractivity contribution in [1.29, 1.82) is 0 Å². The van der Waals surface area contributed by atoms with Crippen LogP contribution in [0, 0.1) is 17.8 Å². The molecule has 3 N–H and O–H groups in total. The van der Waals surface area contributed by atoms with Crippen LogP contribution in [-0.2, 0) is 35.1 Å². The third-order valence-electron chi connectivity index (χ3n) is 9.75. The molecule has 0 bridgehead atoms. The smallest absolute Gasteiger partial charge is 0.242 e. The van der Waals surface area contributed by atoms with E-state index < -0.39 is 30.2 Å². The standard InChI is InChI=1S/C36H61N5O6.C3H8/c1-11-24(4)33(40(8)31(43)22-38-36(45)32(37-7)23(2)3)29(46-9)21-30(42)41-19-15-18-28(41)34(47-10)26(6)35(44)39-25(5)20-27-16-13-12-14-17-27;1-3-2/h12-14,16-17,23-26,28-29,32-34,37H,11,15,18-22H2,1-10H3,(H,38,45)(H,39,44);3H2,1-2H3. The summed E-state index contributed by atoms with van der Waals surface area (Å²) in [5.41, 5.74) is 1.15. The molecule has 1 heterocycles. The zero-order valence-corrected chi connectivity index (χ0v) is 33.1. The lowest BCUT2D eigenvalue weighted by molar-refractivity contribution is -0.145. The molecule has 1 aliphatic rings. The van der Waals surface area contributed by atoms with Crippen molar-refractivity contribution in [1.82, 2.24) is 25.8 Å². The van der Waals surface area contributed by atoms with Crippen LogP contribution >= 0.6 is 0 Å². The first-order valence-electron chi connectivity index (χ1n) is 18.6. The summed E-state index contributed by atoms with van der Waals surface area (Å²) < 4.78 is 11.8. The molecule has 286 valence electrons. The second-order valence-corrected chi connectivity index (χ2v) is 14.2. The first-order valence-corrected chi connectivity index (χ1v) is 18.6. The quantitative estimate of drug-likeness (QED) is 0.195. The highest BCUT2D eigenvalue weighted by Crippen LogP contribution is 2.29. The minimum atomic E-state index is -0.565. The number of rotatable bonds is 19. The Kier molecular flexibility index (Phi) is 21.1. The van der Waals surface area contributed by atoms with Gasteiger partial charge in [-0.1, -0.05) is 91.6 Å². The maximum absolute atomic E-state index is 13.9. The Hall–Kier alpha value is -3.02. The van der Waals surface area contributed by atoms with Gasteiger partial charge in [-0.3, -0.25) is 19.2 Å². The van der Waals surface area contributed by atoms with Crippen molar-refractivity contribution in [2.75, 3.05) is 41.4 Å². The number of benzene rings is 1. The van der Waals surface area contributed by atoms with Crippen molar-refractivity contribution in [3.63, 3.8) is 0 Å². The van der Waals surface area contributed by atoms with Crippen LogP contribution in [0.1, 0.15) is 93.1 Å². The predicted molar refractivity (Wildman–Crippen MR) is 201 cm³/mol. The third-order valence-corrected chi connectivity index (χ3v) is 9.75. The fraction of sp³-hybridized carbons (Fsp3) is 0.744. The highest BCUT2D eigenvalue weighted by molar-refractivity contribution is 5.87. The zero-order valence-electron chi connectivity index (χ0n) is 33.1. The first kappa shape index (κ1) is 45.0. The van der Waals surface area contributed by atoms with Gasteiger partial charge in [-0.25, -0.2) is 0 Å². The lowest BCUT2D eigenvalue weighted by Crippen LogP contribution is -2.55. The summed E-state index contributed by atoms with van der Waals surface area (Å²) in [5.74, 6) is -1.06. The molecule has 1 fully saturated rings. The van der Waals surface area contributed by atoms with Crippen molar-refractivity contribution in [3.05, 3.63) is 35.9 Å². The molecule has 0 aliphatic carbocycles. The number of likely N-dealkylation sites (tertiary alicyclic amines) is 1. The van der Waals surface area contributed by atoms with E-state index in [0.717, 1.165) is 31.2 Å². The van der Waals surface area contributed by atoms with E-state index >= 15 is 0 Å². The second-order valence-electron chi connectivity index (χ2n) is 14.2. The summed E-state index contributed by atoms with van der Waals surface area (Å²) in [5, 5.41) is 8.89. The summed E-state index contributed by atoms with van der Waals surface area (Å²) >= 11 is 0. The van der Waals surface area contributed by atoms with Crippen molar-refractivity contribution >= 4 is 23.6 Å². The average Bonchev–Trinajstić information content (AvgIpc) is 3.57. The van der Waals surface area contributed by atoms with E-state index in [0.29, 0.717) is 6.54 Å². The van der Waals surface area contributed by atoms with Crippen LogP contribution in [0.25, 0.3) is 0 Å². The SMILES string of the molecule is CCC.CCC(C)C(C(CC(=O)N1CCCC1C(OC)C(C)C(=O)NC(C)Cc1ccccc1)OC)N(C)C(=O)CNC(=O)C(NC)C(C)C. The van der Waals surface area contributed by atoms with Gasteiger partial charge in [0.2, 0.25) is 23.6 Å². The van der Waals surface area contributed by atoms with Gasteiger partial charge in [-0.15, -0.1) is 0 Å². The molecule has 0 spiro atoms. The highest BCUT2D eigenvalue weighted by atomic mass is 16.5. The number of hydrogen-bond acceptors (Lipinski definition) is 7. The minimum absolute atomic E-state index is 0.0285. The molecule has 8 atom stereocenters.